The highest BCUT2D eigenvalue weighted by Gasteiger charge is 2.55. The Labute approximate surface area is 143 Å². The molecule has 5 heteroatoms. The molecule has 5 rings (SSSR count). The van der Waals surface area contributed by atoms with E-state index in [1.54, 1.807) is 0 Å². The maximum absolute atomic E-state index is 12.6. The average Bonchev–Trinajstić information content (AvgIpc) is 3.19. The normalized spacial score (nSPS) is 22.8. The Kier molecular flexibility index (Phi) is 3.02. The Morgan fingerprint density at radius 2 is 2.04 bits per heavy atom. The molecule has 0 aromatic heterocycles. The lowest BCUT2D eigenvalue weighted by atomic mass is 9.84. The highest BCUT2D eigenvalue weighted by atomic mass is 19.1. The molecule has 1 aliphatic heterocycles. The Morgan fingerprint density at radius 3 is 2.92 bits per heavy atom. The number of nitrogens with zero attached hydrogens (tertiary/aromatic N) is 1. The molecule has 1 atom stereocenters. The number of rotatable bonds is 2. The molecule has 25 heavy (non-hydrogen) atoms. The van der Waals surface area contributed by atoms with E-state index in [1.807, 2.05) is 18.2 Å². The van der Waals surface area contributed by atoms with E-state index in [9.17, 15) is 9.18 Å². The summed E-state index contributed by atoms with van der Waals surface area (Å²) in [6, 6.07) is 8.23. The van der Waals surface area contributed by atoms with Crippen LogP contribution < -0.4 is 0 Å². The van der Waals surface area contributed by atoms with Crippen LogP contribution in [0.15, 0.2) is 35.0 Å². The molecule has 0 N–H and O–H groups in total. The highest BCUT2D eigenvalue weighted by molar-refractivity contribution is 6.09. The molecule has 0 bridgehead atoms. The standard InChI is InChI=1S/C20H16FNO3/c21-11-24-19(23)20-13(10-22-25-20)9-17-16-6-5-12-3-1-2-4-14(12)15(16)7-8-18(17)20/h5-10H,1-4,11H2. The Bertz CT molecular complexity index is 979. The number of hydrogen-bond donors (Lipinski definition) is 0. The predicted octanol–water partition coefficient (Wildman–Crippen LogP) is 3.80. The fraction of sp³-hybridized carbons (Fsp3) is 0.300. The fourth-order valence-corrected chi connectivity index (χ4v) is 4.37. The van der Waals surface area contributed by atoms with Crippen LogP contribution in [0.25, 0.3) is 16.8 Å². The van der Waals surface area contributed by atoms with E-state index in [-0.39, 0.29) is 0 Å². The molecular weight excluding hydrogens is 321 g/mol. The van der Waals surface area contributed by atoms with Gasteiger partial charge in [-0.05, 0) is 59.2 Å². The van der Waals surface area contributed by atoms with Gasteiger partial charge in [-0.25, -0.2) is 9.18 Å². The number of alkyl halides is 1. The number of benzene rings is 2. The largest absolute Gasteiger partial charge is 0.430 e. The van der Waals surface area contributed by atoms with Crippen molar-refractivity contribution in [1.29, 1.82) is 0 Å². The van der Waals surface area contributed by atoms with E-state index in [2.05, 4.69) is 22.0 Å². The number of halogens is 1. The zero-order valence-electron chi connectivity index (χ0n) is 13.5. The van der Waals surface area contributed by atoms with Gasteiger partial charge in [-0.2, -0.15) is 0 Å². The summed E-state index contributed by atoms with van der Waals surface area (Å²) >= 11 is 0. The number of carbonyl (C=O) groups is 1. The first-order chi connectivity index (χ1) is 12.3. The van der Waals surface area contributed by atoms with Crippen LogP contribution >= 0.6 is 0 Å². The average molecular weight is 337 g/mol. The molecule has 3 aliphatic rings. The van der Waals surface area contributed by atoms with Gasteiger partial charge in [-0.15, -0.1) is 0 Å². The lowest BCUT2D eigenvalue weighted by Crippen LogP contribution is -2.37. The molecule has 126 valence electrons. The third-order valence-electron chi connectivity index (χ3n) is 5.51. The first-order valence-electron chi connectivity index (χ1n) is 8.50. The minimum atomic E-state index is -1.47. The number of oxime groups is 1. The summed E-state index contributed by atoms with van der Waals surface area (Å²) < 4.78 is 17.2. The van der Waals surface area contributed by atoms with Crippen LogP contribution in [0.4, 0.5) is 4.39 Å². The van der Waals surface area contributed by atoms with Gasteiger partial charge in [0.05, 0.1) is 6.21 Å². The van der Waals surface area contributed by atoms with Gasteiger partial charge in [0.1, 0.15) is 0 Å². The summed E-state index contributed by atoms with van der Waals surface area (Å²) in [6.45, 7) is -1.19. The predicted molar refractivity (Wildman–Crippen MR) is 91.9 cm³/mol. The zero-order chi connectivity index (χ0) is 17.0. The fourth-order valence-electron chi connectivity index (χ4n) is 4.37. The third kappa shape index (κ3) is 1.81. The summed E-state index contributed by atoms with van der Waals surface area (Å²) in [5.74, 6) is -0.769. The second-order valence-electron chi connectivity index (χ2n) is 6.68. The van der Waals surface area contributed by atoms with E-state index < -0.39 is 18.4 Å². The number of aryl methyl sites for hydroxylation is 2. The van der Waals surface area contributed by atoms with Gasteiger partial charge in [0.25, 0.3) is 5.60 Å². The van der Waals surface area contributed by atoms with Crippen molar-refractivity contribution < 1.29 is 18.8 Å². The second kappa shape index (κ2) is 5.15. The Balaban J connectivity index is 1.76. The third-order valence-corrected chi connectivity index (χ3v) is 5.51. The van der Waals surface area contributed by atoms with E-state index in [1.165, 1.54) is 35.6 Å². The summed E-state index contributed by atoms with van der Waals surface area (Å²) in [6.07, 6.45) is 8.04. The molecule has 1 heterocycles. The summed E-state index contributed by atoms with van der Waals surface area (Å²) in [5.41, 5.74) is 3.53. The highest BCUT2D eigenvalue weighted by Crippen LogP contribution is 2.48. The lowest BCUT2D eigenvalue weighted by Gasteiger charge is -2.24. The number of ether oxygens (including phenoxy) is 1. The molecule has 0 saturated carbocycles. The van der Waals surface area contributed by atoms with Gasteiger partial charge in [-0.3, -0.25) is 0 Å². The lowest BCUT2D eigenvalue weighted by molar-refractivity contribution is -0.170. The van der Waals surface area contributed by atoms with Crippen molar-refractivity contribution in [2.75, 3.05) is 6.86 Å². The number of esters is 1. The zero-order valence-corrected chi connectivity index (χ0v) is 13.5. The van der Waals surface area contributed by atoms with Gasteiger partial charge < -0.3 is 9.57 Å². The summed E-state index contributed by atoms with van der Waals surface area (Å²) in [4.78, 5) is 17.9. The van der Waals surface area contributed by atoms with E-state index in [0.29, 0.717) is 11.1 Å². The minimum absolute atomic E-state index is 0.589. The molecule has 0 fully saturated rings. The van der Waals surface area contributed by atoms with Crippen molar-refractivity contribution >= 4 is 29.0 Å². The van der Waals surface area contributed by atoms with Crippen LogP contribution in [0.1, 0.15) is 35.1 Å². The van der Waals surface area contributed by atoms with Gasteiger partial charge in [0.15, 0.2) is 0 Å². The van der Waals surface area contributed by atoms with Crippen LogP contribution in [0.2, 0.25) is 0 Å². The Hall–Kier alpha value is -2.69. The van der Waals surface area contributed by atoms with Crippen LogP contribution in [0.3, 0.4) is 0 Å². The summed E-state index contributed by atoms with van der Waals surface area (Å²) in [7, 11) is 0. The van der Waals surface area contributed by atoms with Crippen molar-refractivity contribution in [2.24, 2.45) is 5.16 Å². The van der Waals surface area contributed by atoms with Crippen LogP contribution in [-0.2, 0) is 32.8 Å². The molecule has 2 aromatic carbocycles. The number of hydrogen-bond acceptors (Lipinski definition) is 4. The molecular formula is C20H16FNO3. The van der Waals surface area contributed by atoms with E-state index in [4.69, 9.17) is 4.84 Å². The van der Waals surface area contributed by atoms with Gasteiger partial charge in [0.2, 0.25) is 6.86 Å². The molecule has 0 saturated heterocycles. The Morgan fingerprint density at radius 1 is 1.20 bits per heavy atom. The smallest absolute Gasteiger partial charge is 0.365 e. The first-order valence-corrected chi connectivity index (χ1v) is 8.50. The maximum Gasteiger partial charge on any atom is 0.365 e. The first kappa shape index (κ1) is 14.6. The quantitative estimate of drug-likeness (QED) is 0.783. The van der Waals surface area contributed by atoms with Gasteiger partial charge >= 0.3 is 5.97 Å². The molecule has 0 radical (unpaired) electrons. The number of fused-ring (bicyclic) bond motifs is 7. The monoisotopic (exact) mass is 337 g/mol. The SMILES string of the molecule is O=C(OCF)C12ON=CC1=Cc1c2ccc2c3c(ccc12)CCCC3. The minimum Gasteiger partial charge on any atom is -0.430 e. The van der Waals surface area contributed by atoms with Crippen molar-refractivity contribution in [3.8, 4) is 0 Å². The molecule has 2 aliphatic carbocycles. The van der Waals surface area contributed by atoms with Crippen LogP contribution in [0.5, 0.6) is 0 Å². The van der Waals surface area contributed by atoms with Crippen LogP contribution in [0, 0.1) is 0 Å². The number of carbonyl (C=O) groups excluding carboxylic acids is 1. The van der Waals surface area contributed by atoms with E-state index in [0.717, 1.165) is 23.8 Å². The molecule has 2 aromatic rings. The van der Waals surface area contributed by atoms with Gasteiger partial charge in [-0.1, -0.05) is 29.4 Å². The van der Waals surface area contributed by atoms with Gasteiger partial charge in [0, 0.05) is 11.1 Å². The van der Waals surface area contributed by atoms with Crippen molar-refractivity contribution in [2.45, 2.75) is 31.3 Å². The van der Waals surface area contributed by atoms with Crippen molar-refractivity contribution in [1.82, 2.24) is 0 Å². The summed E-state index contributed by atoms with van der Waals surface area (Å²) in [5, 5.41) is 6.08. The molecule has 0 spiro atoms. The molecule has 1 unspecified atom stereocenters. The van der Waals surface area contributed by atoms with Crippen molar-refractivity contribution in [3.63, 3.8) is 0 Å². The second-order valence-corrected chi connectivity index (χ2v) is 6.68. The maximum atomic E-state index is 12.6. The van der Waals surface area contributed by atoms with Crippen LogP contribution in [-0.4, -0.2) is 19.0 Å². The van der Waals surface area contributed by atoms with E-state index >= 15 is 0 Å². The topological polar surface area (TPSA) is 47.9 Å². The molecule has 0 amide bonds. The van der Waals surface area contributed by atoms with Crippen molar-refractivity contribution in [3.05, 3.63) is 52.1 Å². The molecule has 4 nitrogen and oxygen atoms in total.